The number of hydrogen-bond acceptors (Lipinski definition) is 3. The molecule has 2 amide bonds. The molecule has 0 atom stereocenters. The number of halogens is 2. The third kappa shape index (κ3) is 4.39. The van der Waals surface area contributed by atoms with Crippen LogP contribution in [0.25, 0.3) is 0 Å². The van der Waals surface area contributed by atoms with E-state index in [0.717, 1.165) is 16.8 Å². The topological polar surface area (TPSA) is 52.7 Å². The van der Waals surface area contributed by atoms with Crippen molar-refractivity contribution in [2.45, 2.75) is 13.8 Å². The van der Waals surface area contributed by atoms with Crippen molar-refractivity contribution in [1.29, 1.82) is 0 Å². The fourth-order valence-corrected chi connectivity index (χ4v) is 3.57. The Labute approximate surface area is 162 Å². The lowest BCUT2D eigenvalue weighted by Gasteiger charge is -2.35. The van der Waals surface area contributed by atoms with E-state index in [0.29, 0.717) is 36.9 Å². The minimum absolute atomic E-state index is 0.283. The fourth-order valence-electron chi connectivity index (χ4n) is 3.20. The number of amides is 2. The molecular formula is C20H21ClFN3O2. The summed E-state index contributed by atoms with van der Waals surface area (Å²) in [4.78, 5) is 28.4. The van der Waals surface area contributed by atoms with Crippen LogP contribution >= 0.6 is 11.6 Å². The quantitative estimate of drug-likeness (QED) is 0.801. The maximum absolute atomic E-state index is 13.0. The Morgan fingerprint density at radius 1 is 1.04 bits per heavy atom. The van der Waals surface area contributed by atoms with E-state index in [4.69, 9.17) is 11.6 Å². The summed E-state index contributed by atoms with van der Waals surface area (Å²) in [6.07, 6.45) is 0. The molecule has 1 N–H and O–H groups in total. The lowest BCUT2D eigenvalue weighted by molar-refractivity contribution is -0.143. The van der Waals surface area contributed by atoms with E-state index in [1.54, 1.807) is 18.2 Å². The zero-order valence-corrected chi connectivity index (χ0v) is 16.0. The predicted octanol–water partition coefficient (Wildman–Crippen LogP) is 3.38. The molecule has 5 nitrogen and oxygen atoms in total. The minimum Gasteiger partial charge on any atom is -0.368 e. The van der Waals surface area contributed by atoms with Gasteiger partial charge in [0.25, 0.3) is 0 Å². The van der Waals surface area contributed by atoms with E-state index in [1.165, 1.54) is 17.0 Å². The molecule has 1 saturated heterocycles. The van der Waals surface area contributed by atoms with Gasteiger partial charge in [0.05, 0.1) is 10.7 Å². The minimum atomic E-state index is -0.695. The first-order chi connectivity index (χ1) is 12.8. The summed E-state index contributed by atoms with van der Waals surface area (Å²) >= 11 is 6.19. The smallest absolute Gasteiger partial charge is 0.313 e. The Kier molecular flexibility index (Phi) is 5.65. The summed E-state index contributed by atoms with van der Waals surface area (Å²) < 4.78 is 13.0. The fraction of sp³-hybridized carbons (Fsp3) is 0.300. The van der Waals surface area contributed by atoms with Gasteiger partial charge in [-0.1, -0.05) is 17.7 Å². The van der Waals surface area contributed by atoms with Crippen molar-refractivity contribution >= 4 is 34.8 Å². The number of nitrogens with one attached hydrogen (secondary N) is 1. The van der Waals surface area contributed by atoms with Gasteiger partial charge < -0.3 is 15.1 Å². The molecule has 1 aliphatic heterocycles. The molecule has 0 bridgehead atoms. The van der Waals surface area contributed by atoms with Gasteiger partial charge in [-0.2, -0.15) is 0 Å². The maximum atomic E-state index is 13.0. The highest BCUT2D eigenvalue weighted by Gasteiger charge is 2.27. The monoisotopic (exact) mass is 389 g/mol. The van der Waals surface area contributed by atoms with Gasteiger partial charge in [0.1, 0.15) is 5.82 Å². The first-order valence-corrected chi connectivity index (χ1v) is 9.10. The van der Waals surface area contributed by atoms with Gasteiger partial charge in [-0.25, -0.2) is 4.39 Å². The van der Waals surface area contributed by atoms with Crippen molar-refractivity contribution in [3.05, 3.63) is 58.4 Å². The summed E-state index contributed by atoms with van der Waals surface area (Å²) in [6.45, 7) is 5.75. The Morgan fingerprint density at radius 3 is 2.26 bits per heavy atom. The summed E-state index contributed by atoms with van der Waals surface area (Å²) in [6, 6.07) is 9.88. The van der Waals surface area contributed by atoms with Crippen molar-refractivity contribution in [1.82, 2.24) is 4.90 Å². The number of rotatable bonds is 2. The summed E-state index contributed by atoms with van der Waals surface area (Å²) in [5.41, 5.74) is 3.15. The van der Waals surface area contributed by atoms with Gasteiger partial charge >= 0.3 is 11.8 Å². The van der Waals surface area contributed by atoms with E-state index in [9.17, 15) is 14.0 Å². The Bertz CT molecular complexity index is 839. The lowest BCUT2D eigenvalue weighted by atomic mass is 10.1. The van der Waals surface area contributed by atoms with Gasteiger partial charge in [-0.15, -0.1) is 0 Å². The molecule has 2 aromatic carbocycles. The van der Waals surface area contributed by atoms with Crippen LogP contribution in [0.15, 0.2) is 36.4 Å². The number of piperazine rings is 1. The molecule has 1 aliphatic rings. The predicted molar refractivity (Wildman–Crippen MR) is 105 cm³/mol. The molecule has 0 aliphatic carbocycles. The lowest BCUT2D eigenvalue weighted by Crippen LogP contribution is -2.51. The second kappa shape index (κ2) is 7.96. The zero-order valence-electron chi connectivity index (χ0n) is 15.3. The molecule has 0 unspecified atom stereocenters. The van der Waals surface area contributed by atoms with Crippen LogP contribution in [0.1, 0.15) is 11.1 Å². The molecule has 7 heteroatoms. The Hall–Kier alpha value is -2.60. The molecule has 0 aromatic heterocycles. The molecule has 0 spiro atoms. The van der Waals surface area contributed by atoms with Crippen LogP contribution in [0.5, 0.6) is 0 Å². The Morgan fingerprint density at radius 2 is 1.67 bits per heavy atom. The van der Waals surface area contributed by atoms with Crippen molar-refractivity contribution in [2.24, 2.45) is 0 Å². The summed E-state index contributed by atoms with van der Waals surface area (Å²) in [5, 5.41) is 3.05. The molecule has 2 aromatic rings. The first kappa shape index (κ1) is 19.2. The average Bonchev–Trinajstić information content (AvgIpc) is 2.64. The third-order valence-electron chi connectivity index (χ3n) is 4.62. The number of hydrogen-bond donors (Lipinski definition) is 1. The summed E-state index contributed by atoms with van der Waals surface area (Å²) in [5.74, 6) is -1.56. The van der Waals surface area contributed by atoms with Crippen LogP contribution in [0, 0.1) is 19.7 Å². The number of carbonyl (C=O) groups is 2. The highest BCUT2D eigenvalue weighted by atomic mass is 35.5. The van der Waals surface area contributed by atoms with E-state index in [-0.39, 0.29) is 5.82 Å². The highest BCUT2D eigenvalue weighted by molar-refractivity contribution is 6.41. The molecular weight excluding hydrogens is 369 g/mol. The van der Waals surface area contributed by atoms with E-state index >= 15 is 0 Å². The van der Waals surface area contributed by atoms with Gasteiger partial charge in [0, 0.05) is 31.9 Å². The van der Waals surface area contributed by atoms with Gasteiger partial charge in [0.2, 0.25) is 0 Å². The largest absolute Gasteiger partial charge is 0.368 e. The van der Waals surface area contributed by atoms with Crippen molar-refractivity contribution in [3.8, 4) is 0 Å². The van der Waals surface area contributed by atoms with Crippen molar-refractivity contribution < 1.29 is 14.0 Å². The third-order valence-corrected chi connectivity index (χ3v) is 4.92. The first-order valence-electron chi connectivity index (χ1n) is 8.72. The zero-order chi connectivity index (χ0) is 19.6. The van der Waals surface area contributed by atoms with Crippen molar-refractivity contribution in [2.75, 3.05) is 36.4 Å². The molecule has 3 rings (SSSR count). The second-order valence-electron chi connectivity index (χ2n) is 6.65. The molecule has 0 radical (unpaired) electrons. The number of carbonyl (C=O) groups excluding carboxylic acids is 2. The second-order valence-corrected chi connectivity index (χ2v) is 7.06. The van der Waals surface area contributed by atoms with Crippen LogP contribution in [0.4, 0.5) is 15.8 Å². The molecule has 142 valence electrons. The SMILES string of the molecule is Cc1cc(C)c(NC(=O)C(=O)N2CCN(c3ccc(F)cc3)CC2)c(Cl)c1. The van der Waals surface area contributed by atoms with Gasteiger partial charge in [0.15, 0.2) is 0 Å². The maximum Gasteiger partial charge on any atom is 0.313 e. The number of aryl methyl sites for hydroxylation is 2. The van der Waals surface area contributed by atoms with E-state index in [2.05, 4.69) is 10.2 Å². The number of anilines is 2. The molecule has 1 heterocycles. The Balaban J connectivity index is 1.60. The van der Waals surface area contributed by atoms with E-state index < -0.39 is 11.8 Å². The molecule has 0 saturated carbocycles. The summed E-state index contributed by atoms with van der Waals surface area (Å²) in [7, 11) is 0. The van der Waals surface area contributed by atoms with E-state index in [1.807, 2.05) is 19.9 Å². The average molecular weight is 390 g/mol. The van der Waals surface area contributed by atoms with Crippen LogP contribution in [0.2, 0.25) is 5.02 Å². The highest BCUT2D eigenvalue weighted by Crippen LogP contribution is 2.27. The molecule has 1 fully saturated rings. The molecule has 27 heavy (non-hydrogen) atoms. The number of benzene rings is 2. The van der Waals surface area contributed by atoms with Crippen LogP contribution in [-0.4, -0.2) is 42.9 Å². The standard InChI is InChI=1S/C20H21ClFN3O2/c1-13-11-14(2)18(17(21)12-13)23-19(26)20(27)25-9-7-24(8-10-25)16-5-3-15(22)4-6-16/h3-6,11-12H,7-10H2,1-2H3,(H,23,26). The van der Waals surface area contributed by atoms with Gasteiger partial charge in [-0.3, -0.25) is 9.59 Å². The van der Waals surface area contributed by atoms with Crippen LogP contribution in [-0.2, 0) is 9.59 Å². The van der Waals surface area contributed by atoms with Crippen molar-refractivity contribution in [3.63, 3.8) is 0 Å². The van der Waals surface area contributed by atoms with Gasteiger partial charge in [-0.05, 0) is 55.3 Å². The number of nitrogens with zero attached hydrogens (tertiary/aromatic N) is 2. The normalized spacial score (nSPS) is 14.2. The van der Waals surface area contributed by atoms with Crippen LogP contribution < -0.4 is 10.2 Å². The van der Waals surface area contributed by atoms with Crippen LogP contribution in [0.3, 0.4) is 0 Å².